The van der Waals surface area contributed by atoms with Gasteiger partial charge in [-0.15, -0.1) is 12.4 Å². The van der Waals surface area contributed by atoms with E-state index in [1.54, 1.807) is 0 Å². The summed E-state index contributed by atoms with van der Waals surface area (Å²) in [5.74, 6) is 0.300. The molecule has 0 bridgehead atoms. The maximum Gasteiger partial charge on any atom is 0.0845 e. The molecule has 2 nitrogen and oxygen atoms in total. The van der Waals surface area contributed by atoms with Crippen LogP contribution in [-0.2, 0) is 11.8 Å². The maximum absolute atomic E-state index is 9.95. The third-order valence-corrected chi connectivity index (χ3v) is 5.21. The van der Waals surface area contributed by atoms with Crippen LogP contribution in [0.2, 0.25) is 0 Å². The number of benzene rings is 2. The maximum atomic E-state index is 9.95. The minimum atomic E-state index is -0.387. The average Bonchev–Trinajstić information content (AvgIpc) is 2.65. The van der Waals surface area contributed by atoms with Crippen molar-refractivity contribution in [2.24, 2.45) is 5.92 Å². The highest BCUT2D eigenvalue weighted by Crippen LogP contribution is 2.36. The Morgan fingerprint density at radius 3 is 2.08 bits per heavy atom. The predicted octanol–water partition coefficient (Wildman–Crippen LogP) is 5.48. The second kappa shape index (κ2) is 11.0. The molecule has 0 N–H and O–H groups in total. The molecule has 26 heavy (non-hydrogen) atoms. The Kier molecular flexibility index (Phi) is 9.41. The van der Waals surface area contributed by atoms with Crippen molar-refractivity contribution in [3.8, 4) is 6.07 Å². The lowest BCUT2D eigenvalue weighted by Gasteiger charge is -2.32. The number of nitriles is 1. The molecule has 2 aromatic rings. The minimum Gasteiger partial charge on any atom is -0.306 e. The second-order valence-electron chi connectivity index (χ2n) is 7.25. The van der Waals surface area contributed by atoms with Gasteiger partial charge in [0.25, 0.3) is 0 Å². The fourth-order valence-electron chi connectivity index (χ4n) is 3.46. The Hall–Kier alpha value is -1.82. The van der Waals surface area contributed by atoms with E-state index >= 15 is 0 Å². The number of hydrogen-bond acceptors (Lipinski definition) is 2. The van der Waals surface area contributed by atoms with Crippen LogP contribution in [-0.4, -0.2) is 25.0 Å². The number of likely N-dealkylation sites (N-methyl/N-ethyl adjacent to an activating group) is 1. The molecule has 0 radical (unpaired) electrons. The van der Waals surface area contributed by atoms with Gasteiger partial charge in [0.15, 0.2) is 0 Å². The highest BCUT2D eigenvalue weighted by molar-refractivity contribution is 5.85. The predicted molar refractivity (Wildman–Crippen MR) is 113 cm³/mol. The molecule has 140 valence electrons. The number of hydrogen-bond donors (Lipinski definition) is 0. The zero-order chi connectivity index (χ0) is 18.1. The zero-order valence-electron chi connectivity index (χ0n) is 16.2. The van der Waals surface area contributed by atoms with Crippen LogP contribution in [0.25, 0.3) is 0 Å². The standard InChI is InChI=1S/C23H30N2.ClH/c1-20(2)23(19-24,22-13-8-5-9-14-22)16-10-17-25(3)18-15-21-11-6-4-7-12-21;/h4-9,11-14,20H,10,15-18H2,1-3H3;1H. The number of rotatable bonds is 9. The van der Waals surface area contributed by atoms with Crippen LogP contribution in [0.3, 0.4) is 0 Å². The van der Waals surface area contributed by atoms with Crippen LogP contribution in [0.4, 0.5) is 0 Å². The van der Waals surface area contributed by atoms with Crippen LogP contribution in [0.1, 0.15) is 37.8 Å². The van der Waals surface area contributed by atoms with E-state index in [-0.39, 0.29) is 17.8 Å². The molecule has 1 unspecified atom stereocenters. The summed E-state index contributed by atoms with van der Waals surface area (Å²) in [6.07, 6.45) is 3.01. The molecule has 0 aliphatic heterocycles. The summed E-state index contributed by atoms with van der Waals surface area (Å²) in [6, 6.07) is 23.6. The van der Waals surface area contributed by atoms with E-state index in [0.29, 0.717) is 5.92 Å². The molecule has 0 spiro atoms. The van der Waals surface area contributed by atoms with Gasteiger partial charge in [-0.05, 0) is 49.9 Å². The third-order valence-electron chi connectivity index (χ3n) is 5.21. The average molecular weight is 371 g/mol. The summed E-state index contributed by atoms with van der Waals surface area (Å²) < 4.78 is 0. The first-order chi connectivity index (χ1) is 12.1. The molecule has 0 aliphatic carbocycles. The first-order valence-electron chi connectivity index (χ1n) is 9.28. The van der Waals surface area contributed by atoms with Gasteiger partial charge in [-0.1, -0.05) is 74.5 Å². The van der Waals surface area contributed by atoms with Crippen LogP contribution >= 0.6 is 12.4 Å². The third kappa shape index (κ3) is 5.87. The smallest absolute Gasteiger partial charge is 0.0845 e. The number of nitrogens with zero attached hydrogens (tertiary/aromatic N) is 2. The molecule has 2 aromatic carbocycles. The molecular formula is C23H31ClN2. The van der Waals surface area contributed by atoms with Crippen molar-refractivity contribution in [3.05, 3.63) is 71.8 Å². The van der Waals surface area contributed by atoms with E-state index in [2.05, 4.69) is 74.3 Å². The Bertz CT molecular complexity index is 664. The first kappa shape index (κ1) is 22.2. The van der Waals surface area contributed by atoms with Gasteiger partial charge < -0.3 is 4.90 Å². The van der Waals surface area contributed by atoms with Gasteiger partial charge in [-0.2, -0.15) is 5.26 Å². The summed E-state index contributed by atoms with van der Waals surface area (Å²) in [4.78, 5) is 2.38. The van der Waals surface area contributed by atoms with Crippen LogP contribution in [0.15, 0.2) is 60.7 Å². The van der Waals surface area contributed by atoms with Gasteiger partial charge in [0.2, 0.25) is 0 Å². The Labute approximate surface area is 165 Å². The van der Waals surface area contributed by atoms with E-state index in [9.17, 15) is 5.26 Å². The van der Waals surface area contributed by atoms with E-state index in [0.717, 1.165) is 37.9 Å². The molecule has 2 rings (SSSR count). The Balaban J connectivity index is 0.00000338. The molecule has 0 saturated heterocycles. The fourth-order valence-corrected chi connectivity index (χ4v) is 3.46. The fraction of sp³-hybridized carbons (Fsp3) is 0.435. The second-order valence-corrected chi connectivity index (χ2v) is 7.25. The van der Waals surface area contributed by atoms with E-state index < -0.39 is 0 Å². The van der Waals surface area contributed by atoms with Gasteiger partial charge in [-0.3, -0.25) is 0 Å². The van der Waals surface area contributed by atoms with E-state index in [1.807, 2.05) is 18.2 Å². The lowest BCUT2D eigenvalue weighted by atomic mass is 9.70. The molecular weight excluding hydrogens is 340 g/mol. The van der Waals surface area contributed by atoms with Gasteiger partial charge in [-0.25, -0.2) is 0 Å². The molecule has 0 aromatic heterocycles. The van der Waals surface area contributed by atoms with E-state index in [1.165, 1.54) is 5.56 Å². The quantitative estimate of drug-likeness (QED) is 0.584. The molecule has 0 heterocycles. The molecule has 1 atom stereocenters. The lowest BCUT2D eigenvalue weighted by molar-refractivity contribution is 0.294. The van der Waals surface area contributed by atoms with Crippen molar-refractivity contribution in [2.75, 3.05) is 20.1 Å². The highest BCUT2D eigenvalue weighted by Gasteiger charge is 2.35. The Morgan fingerprint density at radius 2 is 1.54 bits per heavy atom. The van der Waals surface area contributed by atoms with Gasteiger partial charge >= 0.3 is 0 Å². The minimum absolute atomic E-state index is 0. The summed E-state index contributed by atoms with van der Waals surface area (Å²) in [5.41, 5.74) is 2.15. The van der Waals surface area contributed by atoms with Gasteiger partial charge in [0.05, 0.1) is 11.5 Å². The van der Waals surface area contributed by atoms with Gasteiger partial charge in [0, 0.05) is 6.54 Å². The first-order valence-corrected chi connectivity index (χ1v) is 9.28. The molecule has 3 heteroatoms. The normalized spacial score (nSPS) is 13.1. The lowest BCUT2D eigenvalue weighted by Crippen LogP contribution is -2.32. The van der Waals surface area contributed by atoms with Crippen molar-refractivity contribution in [3.63, 3.8) is 0 Å². The Morgan fingerprint density at radius 1 is 0.962 bits per heavy atom. The summed E-state index contributed by atoms with van der Waals surface area (Å²) in [7, 11) is 2.18. The topological polar surface area (TPSA) is 27.0 Å². The highest BCUT2D eigenvalue weighted by atomic mass is 35.5. The van der Waals surface area contributed by atoms with Crippen molar-refractivity contribution in [1.82, 2.24) is 4.90 Å². The van der Waals surface area contributed by atoms with Crippen LogP contribution in [0.5, 0.6) is 0 Å². The zero-order valence-corrected chi connectivity index (χ0v) is 17.0. The van der Waals surface area contributed by atoms with Gasteiger partial charge in [0.1, 0.15) is 0 Å². The van der Waals surface area contributed by atoms with Crippen molar-refractivity contribution in [1.29, 1.82) is 5.26 Å². The SMILES string of the molecule is CC(C)C(C#N)(CCCN(C)CCc1ccccc1)c1ccccc1.Cl. The van der Waals surface area contributed by atoms with Crippen LogP contribution in [0, 0.1) is 17.2 Å². The monoisotopic (exact) mass is 370 g/mol. The molecule has 0 amide bonds. The van der Waals surface area contributed by atoms with E-state index in [4.69, 9.17) is 0 Å². The molecule has 0 aliphatic rings. The van der Waals surface area contributed by atoms with Crippen molar-refractivity contribution >= 4 is 12.4 Å². The van der Waals surface area contributed by atoms with Crippen LogP contribution < -0.4 is 0 Å². The molecule has 0 saturated carbocycles. The summed E-state index contributed by atoms with van der Waals surface area (Å²) in [5, 5.41) is 9.95. The summed E-state index contributed by atoms with van der Waals surface area (Å²) in [6.45, 7) is 6.40. The van der Waals surface area contributed by atoms with Crippen molar-refractivity contribution < 1.29 is 0 Å². The largest absolute Gasteiger partial charge is 0.306 e. The number of halogens is 1. The molecule has 0 fully saturated rings. The summed E-state index contributed by atoms with van der Waals surface area (Å²) >= 11 is 0. The van der Waals surface area contributed by atoms with Crippen molar-refractivity contribution in [2.45, 2.75) is 38.5 Å².